The number of carbonyl (C=O) groups excluding carboxylic acids is 2. The Labute approximate surface area is 244 Å². The first-order chi connectivity index (χ1) is 19.6. The van der Waals surface area contributed by atoms with Gasteiger partial charge in [-0.05, 0) is 35.7 Å². The summed E-state index contributed by atoms with van der Waals surface area (Å²) in [5.74, 6) is 0.291. The molecule has 1 unspecified atom stereocenters. The van der Waals surface area contributed by atoms with Crippen LogP contribution in [0.15, 0.2) is 96.5 Å². The predicted octanol–water partition coefficient (Wildman–Crippen LogP) is 6.13. The van der Waals surface area contributed by atoms with Gasteiger partial charge in [0.2, 0.25) is 11.8 Å². The topological polar surface area (TPSA) is 80.1 Å². The lowest BCUT2D eigenvalue weighted by Gasteiger charge is -2.23. The summed E-state index contributed by atoms with van der Waals surface area (Å²) in [4.78, 5) is 34.0. The molecular weight excluding hydrogens is 562 g/mol. The second kappa shape index (κ2) is 11.7. The number of thioether (sulfide) groups is 1. The van der Waals surface area contributed by atoms with Crippen LogP contribution in [-0.4, -0.2) is 38.9 Å². The van der Waals surface area contributed by atoms with Gasteiger partial charge in [0, 0.05) is 22.2 Å². The summed E-state index contributed by atoms with van der Waals surface area (Å²) in [7, 11) is 0. The average molecular weight is 586 g/mol. The molecular formula is C30H24ClN5O2S2. The van der Waals surface area contributed by atoms with E-state index in [2.05, 4.69) is 16.4 Å². The molecule has 2 aromatic carbocycles. The summed E-state index contributed by atoms with van der Waals surface area (Å²) in [6.45, 7) is 0.0981. The maximum atomic E-state index is 13.8. The van der Waals surface area contributed by atoms with E-state index in [1.165, 1.54) is 0 Å². The van der Waals surface area contributed by atoms with Gasteiger partial charge >= 0.3 is 0 Å². The van der Waals surface area contributed by atoms with Gasteiger partial charge in [0.15, 0.2) is 0 Å². The fourth-order valence-corrected chi connectivity index (χ4v) is 7.07. The summed E-state index contributed by atoms with van der Waals surface area (Å²) in [5.41, 5.74) is 3.91. The number of hydrogen-bond donors (Lipinski definition) is 1. The standard InChI is InChI=1S/C30H24ClN5O2S2/c31-22-12-4-5-13-23(22)36-30-27(28(34-36)20-9-2-1-3-10-20)29(24-14-8-16-39-24)40-19-26(38)35(30)18-25(37)33-17-21-11-6-7-15-32-21/h1-16,29H,17-19H2,(H,33,37). The molecule has 10 heteroatoms. The van der Waals surface area contributed by atoms with E-state index >= 15 is 0 Å². The van der Waals surface area contributed by atoms with Crippen molar-refractivity contribution in [2.45, 2.75) is 11.8 Å². The molecule has 0 saturated heterocycles. The molecule has 1 aliphatic rings. The third-order valence-corrected chi connectivity index (χ3v) is 9.16. The number of hydrogen-bond acceptors (Lipinski definition) is 6. The molecule has 40 heavy (non-hydrogen) atoms. The van der Waals surface area contributed by atoms with Gasteiger partial charge in [-0.2, -0.15) is 5.10 Å². The number of benzene rings is 2. The number of nitrogens with one attached hydrogen (secondary N) is 1. The first-order valence-electron chi connectivity index (χ1n) is 12.7. The van der Waals surface area contributed by atoms with Crippen LogP contribution in [0.1, 0.15) is 21.4 Å². The number of fused-ring (bicyclic) bond motifs is 1. The van der Waals surface area contributed by atoms with E-state index in [4.69, 9.17) is 16.7 Å². The minimum atomic E-state index is -0.294. The predicted molar refractivity (Wildman–Crippen MR) is 161 cm³/mol. The third kappa shape index (κ3) is 5.28. The van der Waals surface area contributed by atoms with Gasteiger partial charge < -0.3 is 5.32 Å². The Balaban J connectivity index is 1.51. The van der Waals surface area contributed by atoms with Crippen molar-refractivity contribution in [1.29, 1.82) is 0 Å². The van der Waals surface area contributed by atoms with Crippen LogP contribution < -0.4 is 10.2 Å². The Hall–Kier alpha value is -3.92. The lowest BCUT2D eigenvalue weighted by molar-refractivity contribution is -0.123. The fourth-order valence-electron chi connectivity index (χ4n) is 4.68. The largest absolute Gasteiger partial charge is 0.349 e. The normalized spacial score (nSPS) is 15.0. The van der Waals surface area contributed by atoms with Crippen LogP contribution >= 0.6 is 34.7 Å². The Morgan fingerprint density at radius 1 is 1.00 bits per heavy atom. The molecule has 0 aliphatic carbocycles. The van der Waals surface area contributed by atoms with Crippen LogP contribution in [0.3, 0.4) is 0 Å². The van der Waals surface area contributed by atoms with Crippen molar-refractivity contribution < 1.29 is 9.59 Å². The highest BCUT2D eigenvalue weighted by Gasteiger charge is 2.38. The van der Waals surface area contributed by atoms with Gasteiger partial charge in [0.25, 0.3) is 0 Å². The summed E-state index contributed by atoms with van der Waals surface area (Å²) in [6, 6.07) is 26.9. The van der Waals surface area contributed by atoms with Crippen LogP contribution in [0.2, 0.25) is 5.02 Å². The molecule has 200 valence electrons. The zero-order chi connectivity index (χ0) is 27.5. The quantitative estimate of drug-likeness (QED) is 0.248. The smallest absolute Gasteiger partial charge is 0.240 e. The third-order valence-electron chi connectivity index (χ3n) is 6.51. The van der Waals surface area contributed by atoms with E-state index in [0.717, 1.165) is 27.4 Å². The van der Waals surface area contributed by atoms with Crippen LogP contribution in [0.4, 0.5) is 5.82 Å². The zero-order valence-corrected chi connectivity index (χ0v) is 23.6. The van der Waals surface area contributed by atoms with Gasteiger partial charge in [0.05, 0.1) is 39.6 Å². The average Bonchev–Trinajstić information content (AvgIpc) is 3.63. The molecule has 3 aromatic heterocycles. The first-order valence-corrected chi connectivity index (χ1v) is 15.0. The molecule has 7 nitrogen and oxygen atoms in total. The first kappa shape index (κ1) is 26.3. The van der Waals surface area contributed by atoms with E-state index in [-0.39, 0.29) is 35.9 Å². The molecule has 5 aromatic rings. The van der Waals surface area contributed by atoms with Crippen LogP contribution in [0.5, 0.6) is 0 Å². The summed E-state index contributed by atoms with van der Waals surface area (Å²) in [5, 5.41) is 10.3. The highest BCUT2D eigenvalue weighted by atomic mass is 35.5. The van der Waals surface area contributed by atoms with Gasteiger partial charge in [-0.25, -0.2) is 4.68 Å². The van der Waals surface area contributed by atoms with Crippen molar-refractivity contribution in [2.24, 2.45) is 0 Å². The van der Waals surface area contributed by atoms with Crippen molar-refractivity contribution in [3.63, 3.8) is 0 Å². The van der Waals surface area contributed by atoms with E-state index < -0.39 is 0 Å². The number of anilines is 1. The van der Waals surface area contributed by atoms with E-state index in [1.54, 1.807) is 44.9 Å². The molecule has 6 rings (SSSR count). The van der Waals surface area contributed by atoms with Crippen molar-refractivity contribution in [3.05, 3.63) is 118 Å². The number of rotatable bonds is 7. The van der Waals surface area contributed by atoms with Gasteiger partial charge in [-0.3, -0.25) is 19.5 Å². The van der Waals surface area contributed by atoms with Crippen LogP contribution in [0.25, 0.3) is 16.9 Å². The molecule has 1 N–H and O–H groups in total. The minimum absolute atomic E-state index is 0.160. The van der Waals surface area contributed by atoms with Crippen LogP contribution in [-0.2, 0) is 16.1 Å². The number of halogens is 1. The number of aromatic nitrogens is 3. The molecule has 0 fully saturated rings. The highest BCUT2D eigenvalue weighted by Crippen LogP contribution is 2.49. The van der Waals surface area contributed by atoms with Gasteiger partial charge in [0.1, 0.15) is 12.4 Å². The van der Waals surface area contributed by atoms with Crippen LogP contribution in [0, 0.1) is 0 Å². The maximum Gasteiger partial charge on any atom is 0.240 e. The molecule has 2 amide bonds. The molecule has 1 atom stereocenters. The zero-order valence-electron chi connectivity index (χ0n) is 21.2. The van der Waals surface area contributed by atoms with E-state index in [1.807, 2.05) is 78.2 Å². The lowest BCUT2D eigenvalue weighted by atomic mass is 10.0. The number of nitrogens with zero attached hydrogens (tertiary/aromatic N) is 4. The molecule has 1 aliphatic heterocycles. The number of thiophene rings is 1. The molecule has 4 heterocycles. The number of carbonyl (C=O) groups is 2. The van der Waals surface area contributed by atoms with Crippen molar-refractivity contribution in [3.8, 4) is 16.9 Å². The highest BCUT2D eigenvalue weighted by molar-refractivity contribution is 8.00. The lowest BCUT2D eigenvalue weighted by Crippen LogP contribution is -2.42. The molecule has 0 radical (unpaired) electrons. The number of amides is 2. The second-order valence-electron chi connectivity index (χ2n) is 9.10. The Morgan fingerprint density at radius 2 is 1.80 bits per heavy atom. The van der Waals surface area contributed by atoms with E-state index in [0.29, 0.717) is 16.5 Å². The van der Waals surface area contributed by atoms with Crippen molar-refractivity contribution in [1.82, 2.24) is 20.1 Å². The van der Waals surface area contributed by atoms with Crippen molar-refractivity contribution >= 4 is 52.3 Å². The fraction of sp³-hybridized carbons (Fsp3) is 0.133. The maximum absolute atomic E-state index is 13.8. The Morgan fingerprint density at radius 3 is 2.55 bits per heavy atom. The number of para-hydroxylation sites is 1. The summed E-state index contributed by atoms with van der Waals surface area (Å²) >= 11 is 9.87. The summed E-state index contributed by atoms with van der Waals surface area (Å²) in [6.07, 6.45) is 1.68. The minimum Gasteiger partial charge on any atom is -0.349 e. The monoisotopic (exact) mass is 585 g/mol. The Kier molecular flexibility index (Phi) is 7.68. The van der Waals surface area contributed by atoms with Gasteiger partial charge in [-0.15, -0.1) is 23.1 Å². The Bertz CT molecular complexity index is 1640. The molecule has 0 spiro atoms. The van der Waals surface area contributed by atoms with E-state index in [9.17, 15) is 9.59 Å². The van der Waals surface area contributed by atoms with Crippen molar-refractivity contribution in [2.75, 3.05) is 17.2 Å². The summed E-state index contributed by atoms with van der Waals surface area (Å²) < 4.78 is 1.72. The molecule has 0 saturated carbocycles. The van der Waals surface area contributed by atoms with Gasteiger partial charge in [-0.1, -0.05) is 66.2 Å². The SMILES string of the molecule is O=C(CN1C(=O)CSC(c2cccs2)c2c(-c3ccccc3)nn(-c3ccccc3Cl)c21)NCc1ccccn1. The number of pyridine rings is 1. The molecule has 0 bridgehead atoms. The second-order valence-corrected chi connectivity index (χ2v) is 11.6.